The first-order chi connectivity index (χ1) is 8.49. The molecule has 0 unspecified atom stereocenters. The van der Waals surface area contributed by atoms with Crippen molar-refractivity contribution in [3.05, 3.63) is 23.8 Å². The van der Waals surface area contributed by atoms with E-state index in [1.807, 2.05) is 13.0 Å². The standard InChI is InChI=1S/C12H16F2N2O2/c1-8-2-3-9(15)10(6-8)16-12(17)4-5-18-7-11(13)14/h2-3,6,11H,4-5,7,15H2,1H3,(H,16,17). The Labute approximate surface area is 104 Å². The average molecular weight is 258 g/mol. The van der Waals surface area contributed by atoms with Crippen molar-refractivity contribution in [2.75, 3.05) is 24.3 Å². The maximum absolute atomic E-state index is 11.8. The van der Waals surface area contributed by atoms with Crippen molar-refractivity contribution < 1.29 is 18.3 Å². The zero-order valence-corrected chi connectivity index (χ0v) is 10.1. The Hall–Kier alpha value is -1.69. The molecule has 1 rings (SSSR count). The molecule has 1 aromatic rings. The van der Waals surface area contributed by atoms with Gasteiger partial charge in [-0.05, 0) is 24.6 Å². The molecule has 0 heterocycles. The van der Waals surface area contributed by atoms with Crippen molar-refractivity contribution in [1.82, 2.24) is 0 Å². The van der Waals surface area contributed by atoms with E-state index in [2.05, 4.69) is 10.1 Å². The highest BCUT2D eigenvalue weighted by Crippen LogP contribution is 2.19. The second kappa shape index (κ2) is 6.90. The number of benzene rings is 1. The van der Waals surface area contributed by atoms with Crippen LogP contribution < -0.4 is 11.1 Å². The van der Waals surface area contributed by atoms with Gasteiger partial charge in [0.05, 0.1) is 24.4 Å². The molecule has 0 aliphatic heterocycles. The zero-order valence-electron chi connectivity index (χ0n) is 10.1. The lowest BCUT2D eigenvalue weighted by molar-refractivity contribution is -0.117. The number of ether oxygens (including phenoxy) is 1. The fourth-order valence-electron chi connectivity index (χ4n) is 1.33. The van der Waals surface area contributed by atoms with Gasteiger partial charge in [-0.25, -0.2) is 8.78 Å². The number of carbonyl (C=O) groups excluding carboxylic acids is 1. The normalized spacial score (nSPS) is 10.7. The van der Waals surface area contributed by atoms with Crippen molar-refractivity contribution in [2.45, 2.75) is 19.8 Å². The van der Waals surface area contributed by atoms with Gasteiger partial charge in [-0.2, -0.15) is 0 Å². The summed E-state index contributed by atoms with van der Waals surface area (Å²) in [5.41, 5.74) is 7.64. The van der Waals surface area contributed by atoms with Gasteiger partial charge in [-0.15, -0.1) is 0 Å². The van der Waals surface area contributed by atoms with Gasteiger partial charge in [0.1, 0.15) is 6.61 Å². The summed E-state index contributed by atoms with van der Waals surface area (Å²) in [6.07, 6.45) is -2.50. The van der Waals surface area contributed by atoms with E-state index in [4.69, 9.17) is 5.73 Å². The van der Waals surface area contributed by atoms with Gasteiger partial charge in [0, 0.05) is 0 Å². The lowest BCUT2D eigenvalue weighted by atomic mass is 10.2. The molecule has 0 aromatic heterocycles. The van der Waals surface area contributed by atoms with Crippen LogP contribution in [0.25, 0.3) is 0 Å². The van der Waals surface area contributed by atoms with E-state index in [9.17, 15) is 13.6 Å². The third-order valence-corrected chi connectivity index (χ3v) is 2.20. The number of nitrogen functional groups attached to an aromatic ring is 1. The predicted molar refractivity (Wildman–Crippen MR) is 65.7 cm³/mol. The third-order valence-electron chi connectivity index (χ3n) is 2.20. The van der Waals surface area contributed by atoms with E-state index >= 15 is 0 Å². The van der Waals surface area contributed by atoms with Crippen molar-refractivity contribution in [3.63, 3.8) is 0 Å². The molecule has 0 saturated heterocycles. The van der Waals surface area contributed by atoms with Crippen LogP contribution in [0.5, 0.6) is 0 Å². The zero-order chi connectivity index (χ0) is 13.5. The van der Waals surface area contributed by atoms with Crippen LogP contribution in [0.15, 0.2) is 18.2 Å². The second-order valence-corrected chi connectivity index (χ2v) is 3.85. The summed E-state index contributed by atoms with van der Waals surface area (Å²) in [4.78, 5) is 11.5. The summed E-state index contributed by atoms with van der Waals surface area (Å²) in [7, 11) is 0. The Morgan fingerprint density at radius 1 is 1.50 bits per heavy atom. The number of hydrogen-bond donors (Lipinski definition) is 2. The maximum atomic E-state index is 11.8. The first kappa shape index (κ1) is 14.4. The van der Waals surface area contributed by atoms with Crippen LogP contribution in [0, 0.1) is 6.92 Å². The Balaban J connectivity index is 2.38. The van der Waals surface area contributed by atoms with Gasteiger partial charge < -0.3 is 15.8 Å². The summed E-state index contributed by atoms with van der Waals surface area (Å²) in [5, 5.41) is 2.61. The van der Waals surface area contributed by atoms with Crippen LogP contribution in [0.2, 0.25) is 0 Å². The largest absolute Gasteiger partial charge is 0.397 e. The minimum absolute atomic E-state index is 0.0140. The highest BCUT2D eigenvalue weighted by Gasteiger charge is 2.07. The number of aryl methyl sites for hydroxylation is 1. The van der Waals surface area contributed by atoms with E-state index in [1.165, 1.54) is 0 Å². The van der Waals surface area contributed by atoms with E-state index in [1.54, 1.807) is 12.1 Å². The van der Waals surface area contributed by atoms with Crippen LogP contribution in [0.3, 0.4) is 0 Å². The maximum Gasteiger partial charge on any atom is 0.261 e. The molecule has 3 N–H and O–H groups in total. The van der Waals surface area contributed by atoms with Crippen molar-refractivity contribution in [2.24, 2.45) is 0 Å². The van der Waals surface area contributed by atoms with Gasteiger partial charge in [0.25, 0.3) is 6.43 Å². The van der Waals surface area contributed by atoms with Gasteiger partial charge in [0.15, 0.2) is 0 Å². The Morgan fingerprint density at radius 3 is 2.89 bits per heavy atom. The number of halogens is 2. The van der Waals surface area contributed by atoms with E-state index in [-0.39, 0.29) is 18.9 Å². The monoisotopic (exact) mass is 258 g/mol. The highest BCUT2D eigenvalue weighted by molar-refractivity contribution is 5.93. The molecule has 1 amide bonds. The molecule has 0 radical (unpaired) electrons. The molecule has 100 valence electrons. The van der Waals surface area contributed by atoms with Crippen LogP contribution >= 0.6 is 0 Å². The van der Waals surface area contributed by atoms with E-state index in [0.717, 1.165) is 5.56 Å². The van der Waals surface area contributed by atoms with Gasteiger partial charge in [0.2, 0.25) is 5.91 Å². The Kier molecular flexibility index (Phi) is 5.51. The van der Waals surface area contributed by atoms with Crippen LogP contribution in [-0.4, -0.2) is 25.5 Å². The minimum Gasteiger partial charge on any atom is -0.397 e. The van der Waals surface area contributed by atoms with Crippen LogP contribution in [0.1, 0.15) is 12.0 Å². The first-order valence-corrected chi connectivity index (χ1v) is 5.51. The number of alkyl halides is 2. The quantitative estimate of drug-likeness (QED) is 0.607. The third kappa shape index (κ3) is 5.09. The molecule has 6 heteroatoms. The average Bonchev–Trinajstić information content (AvgIpc) is 2.29. The topological polar surface area (TPSA) is 64.3 Å². The molecule has 0 aliphatic carbocycles. The lowest BCUT2D eigenvalue weighted by Crippen LogP contribution is -2.16. The molecule has 0 aliphatic rings. The number of rotatable bonds is 6. The summed E-state index contributed by atoms with van der Waals surface area (Å²) in [6.45, 7) is 1.18. The number of nitrogens with one attached hydrogen (secondary N) is 1. The second-order valence-electron chi connectivity index (χ2n) is 3.85. The van der Waals surface area contributed by atoms with Crippen LogP contribution in [0.4, 0.5) is 20.2 Å². The minimum atomic E-state index is -2.51. The van der Waals surface area contributed by atoms with E-state index in [0.29, 0.717) is 11.4 Å². The smallest absolute Gasteiger partial charge is 0.261 e. The first-order valence-electron chi connectivity index (χ1n) is 5.51. The van der Waals surface area contributed by atoms with Crippen molar-refractivity contribution in [1.29, 1.82) is 0 Å². The molecule has 0 fully saturated rings. The fraction of sp³-hybridized carbons (Fsp3) is 0.417. The molecule has 0 spiro atoms. The van der Waals surface area contributed by atoms with E-state index < -0.39 is 13.0 Å². The lowest BCUT2D eigenvalue weighted by Gasteiger charge is -2.09. The van der Waals surface area contributed by atoms with Crippen molar-refractivity contribution >= 4 is 17.3 Å². The molecule has 0 bridgehead atoms. The summed E-state index contributed by atoms with van der Waals surface area (Å²) in [5.74, 6) is -0.318. The number of hydrogen-bond acceptors (Lipinski definition) is 3. The molecule has 18 heavy (non-hydrogen) atoms. The van der Waals surface area contributed by atoms with Crippen LogP contribution in [-0.2, 0) is 9.53 Å². The summed E-state index contributed by atoms with van der Waals surface area (Å²) >= 11 is 0. The number of amides is 1. The SMILES string of the molecule is Cc1ccc(N)c(NC(=O)CCOCC(F)F)c1. The van der Waals surface area contributed by atoms with Gasteiger partial charge in [-0.1, -0.05) is 6.07 Å². The molecule has 4 nitrogen and oxygen atoms in total. The molecular formula is C12H16F2N2O2. The fourth-order valence-corrected chi connectivity index (χ4v) is 1.33. The molecule has 0 saturated carbocycles. The highest BCUT2D eigenvalue weighted by atomic mass is 19.3. The number of nitrogens with two attached hydrogens (primary N) is 1. The Bertz CT molecular complexity index is 411. The summed E-state index contributed by atoms with van der Waals surface area (Å²) < 4.78 is 28.1. The summed E-state index contributed by atoms with van der Waals surface area (Å²) in [6, 6.07) is 5.27. The predicted octanol–water partition coefficient (Wildman–Crippen LogP) is 2.19. The number of anilines is 2. The number of carbonyl (C=O) groups is 1. The molecule has 1 aromatic carbocycles. The van der Waals surface area contributed by atoms with Gasteiger partial charge in [-0.3, -0.25) is 4.79 Å². The molecular weight excluding hydrogens is 242 g/mol. The Morgan fingerprint density at radius 2 is 2.22 bits per heavy atom. The van der Waals surface area contributed by atoms with Crippen molar-refractivity contribution in [3.8, 4) is 0 Å². The van der Waals surface area contributed by atoms with Gasteiger partial charge >= 0.3 is 0 Å². The molecule has 0 atom stereocenters.